The zero-order chi connectivity index (χ0) is 11.7. The Kier molecular flexibility index (Phi) is 2.80. The highest BCUT2D eigenvalue weighted by Gasteiger charge is 2.08. The Morgan fingerprint density at radius 3 is 2.81 bits per heavy atom. The van der Waals surface area contributed by atoms with Crippen molar-refractivity contribution in [1.29, 1.82) is 5.26 Å². The smallest absolute Gasteiger partial charge is 0.0752 e. The average Bonchev–Trinajstić information content (AvgIpc) is 2.24. The molecule has 0 aliphatic rings. The Balaban J connectivity index is 2.84. The third-order valence-electron chi connectivity index (χ3n) is 2.65. The molecule has 3 heteroatoms. The molecule has 2 nitrogen and oxygen atoms in total. The minimum Gasteiger partial charge on any atom is -0.253 e. The Morgan fingerprint density at radius 1 is 1.38 bits per heavy atom. The van der Waals surface area contributed by atoms with Gasteiger partial charge >= 0.3 is 0 Å². The standard InChI is InChI=1S/C13H11ClN2/c1-8-7-10(5-6-15)11-3-4-12(14)9(2)13(11)16-8/h3-4,7H,5H2,1-2H3. The first kappa shape index (κ1) is 10.9. The number of hydrogen-bond donors (Lipinski definition) is 0. The van der Waals surface area contributed by atoms with Gasteiger partial charge in [0.15, 0.2) is 0 Å². The zero-order valence-corrected chi connectivity index (χ0v) is 9.97. The molecule has 0 radical (unpaired) electrons. The van der Waals surface area contributed by atoms with Crippen LogP contribution < -0.4 is 0 Å². The van der Waals surface area contributed by atoms with E-state index in [-0.39, 0.29) is 0 Å². The predicted molar refractivity (Wildman–Crippen MR) is 65.5 cm³/mol. The van der Waals surface area contributed by atoms with E-state index in [2.05, 4.69) is 11.1 Å². The summed E-state index contributed by atoms with van der Waals surface area (Å²) in [6, 6.07) is 7.93. The minimum atomic E-state index is 0.404. The summed E-state index contributed by atoms with van der Waals surface area (Å²) < 4.78 is 0. The Morgan fingerprint density at radius 2 is 2.12 bits per heavy atom. The highest BCUT2D eigenvalue weighted by molar-refractivity contribution is 6.32. The SMILES string of the molecule is Cc1cc(CC#N)c2ccc(Cl)c(C)c2n1. The van der Waals surface area contributed by atoms with E-state index in [1.807, 2.05) is 32.0 Å². The molecule has 0 aliphatic carbocycles. The molecule has 0 aliphatic heterocycles. The van der Waals surface area contributed by atoms with Crippen molar-refractivity contribution in [3.63, 3.8) is 0 Å². The molecule has 0 spiro atoms. The average molecular weight is 231 g/mol. The molecule has 2 rings (SSSR count). The van der Waals surface area contributed by atoms with E-state index < -0.39 is 0 Å². The van der Waals surface area contributed by atoms with E-state index in [0.29, 0.717) is 11.4 Å². The topological polar surface area (TPSA) is 36.7 Å². The number of nitriles is 1. The number of rotatable bonds is 1. The van der Waals surface area contributed by atoms with Crippen molar-refractivity contribution in [3.05, 3.63) is 40.0 Å². The van der Waals surface area contributed by atoms with Gasteiger partial charge in [0.2, 0.25) is 0 Å². The van der Waals surface area contributed by atoms with E-state index in [4.69, 9.17) is 16.9 Å². The van der Waals surface area contributed by atoms with Gasteiger partial charge in [0, 0.05) is 16.1 Å². The number of aryl methyl sites for hydroxylation is 2. The second kappa shape index (κ2) is 4.11. The highest BCUT2D eigenvalue weighted by atomic mass is 35.5. The van der Waals surface area contributed by atoms with Gasteiger partial charge in [-0.3, -0.25) is 4.98 Å². The van der Waals surface area contributed by atoms with Crippen LogP contribution in [0.3, 0.4) is 0 Å². The van der Waals surface area contributed by atoms with Gasteiger partial charge in [0.25, 0.3) is 0 Å². The maximum atomic E-state index is 8.80. The Bertz CT molecular complexity index is 597. The summed E-state index contributed by atoms with van der Waals surface area (Å²) in [5.41, 5.74) is 3.81. The molecule has 0 amide bonds. The molecule has 0 saturated heterocycles. The van der Waals surface area contributed by atoms with Crippen molar-refractivity contribution in [3.8, 4) is 6.07 Å². The molecule has 2 aromatic rings. The number of hydrogen-bond acceptors (Lipinski definition) is 2. The van der Waals surface area contributed by atoms with Crippen LogP contribution >= 0.6 is 11.6 Å². The zero-order valence-electron chi connectivity index (χ0n) is 9.21. The number of nitrogens with zero attached hydrogens (tertiary/aromatic N) is 2. The summed E-state index contributed by atoms with van der Waals surface area (Å²) in [6.45, 7) is 3.88. The van der Waals surface area contributed by atoms with Crippen LogP contribution in [0.25, 0.3) is 10.9 Å². The molecule has 0 fully saturated rings. The highest BCUT2D eigenvalue weighted by Crippen LogP contribution is 2.26. The molecule has 1 aromatic carbocycles. The van der Waals surface area contributed by atoms with Crippen LogP contribution in [0.4, 0.5) is 0 Å². The fraction of sp³-hybridized carbons (Fsp3) is 0.231. The van der Waals surface area contributed by atoms with Crippen LogP contribution in [0.5, 0.6) is 0 Å². The third kappa shape index (κ3) is 1.75. The molecule has 1 aromatic heterocycles. The van der Waals surface area contributed by atoms with E-state index in [0.717, 1.165) is 27.7 Å². The number of benzene rings is 1. The molecule has 1 heterocycles. The van der Waals surface area contributed by atoms with Gasteiger partial charge in [-0.25, -0.2) is 0 Å². The van der Waals surface area contributed by atoms with Crippen molar-refractivity contribution in [2.45, 2.75) is 20.3 Å². The van der Waals surface area contributed by atoms with Gasteiger partial charge in [0.05, 0.1) is 18.0 Å². The Hall–Kier alpha value is -1.59. The van der Waals surface area contributed by atoms with Gasteiger partial charge < -0.3 is 0 Å². The predicted octanol–water partition coefficient (Wildman–Crippen LogP) is 3.57. The monoisotopic (exact) mass is 230 g/mol. The van der Waals surface area contributed by atoms with Crippen LogP contribution in [0.1, 0.15) is 16.8 Å². The first-order valence-corrected chi connectivity index (χ1v) is 5.43. The lowest BCUT2D eigenvalue weighted by Gasteiger charge is -2.08. The van der Waals surface area contributed by atoms with E-state index in [1.165, 1.54) is 0 Å². The van der Waals surface area contributed by atoms with Gasteiger partial charge in [-0.2, -0.15) is 5.26 Å². The van der Waals surface area contributed by atoms with Crippen LogP contribution in [0.2, 0.25) is 5.02 Å². The Labute approximate surface area is 99.5 Å². The normalized spacial score (nSPS) is 10.4. The summed E-state index contributed by atoms with van der Waals surface area (Å²) >= 11 is 6.06. The molecular formula is C13H11ClN2. The second-order valence-corrected chi connectivity index (χ2v) is 4.23. The quantitative estimate of drug-likeness (QED) is 0.751. The minimum absolute atomic E-state index is 0.404. The maximum absolute atomic E-state index is 8.80. The van der Waals surface area contributed by atoms with Crippen LogP contribution in [0, 0.1) is 25.2 Å². The number of pyridine rings is 1. The van der Waals surface area contributed by atoms with Crippen molar-refractivity contribution in [2.24, 2.45) is 0 Å². The number of fused-ring (bicyclic) bond motifs is 1. The van der Waals surface area contributed by atoms with Crippen LogP contribution in [0.15, 0.2) is 18.2 Å². The summed E-state index contributed by atoms with van der Waals surface area (Å²) in [5, 5.41) is 10.5. The first-order valence-electron chi connectivity index (χ1n) is 5.05. The molecular weight excluding hydrogens is 220 g/mol. The van der Waals surface area contributed by atoms with Crippen molar-refractivity contribution in [2.75, 3.05) is 0 Å². The lowest BCUT2D eigenvalue weighted by Crippen LogP contribution is -1.93. The molecule has 80 valence electrons. The van der Waals surface area contributed by atoms with Gasteiger partial charge in [0.1, 0.15) is 0 Å². The van der Waals surface area contributed by atoms with Crippen molar-refractivity contribution in [1.82, 2.24) is 4.98 Å². The first-order chi connectivity index (χ1) is 7.63. The summed E-state index contributed by atoms with van der Waals surface area (Å²) in [6.07, 6.45) is 0.404. The van der Waals surface area contributed by atoms with Crippen molar-refractivity contribution >= 4 is 22.5 Å². The van der Waals surface area contributed by atoms with Gasteiger partial charge in [-0.05, 0) is 37.1 Å². The van der Waals surface area contributed by atoms with Crippen LogP contribution in [-0.4, -0.2) is 4.98 Å². The second-order valence-electron chi connectivity index (χ2n) is 3.83. The number of halogens is 1. The largest absolute Gasteiger partial charge is 0.253 e. The van der Waals surface area contributed by atoms with Crippen LogP contribution in [-0.2, 0) is 6.42 Å². The molecule has 16 heavy (non-hydrogen) atoms. The van der Waals surface area contributed by atoms with E-state index >= 15 is 0 Å². The molecule has 0 unspecified atom stereocenters. The van der Waals surface area contributed by atoms with Crippen molar-refractivity contribution < 1.29 is 0 Å². The fourth-order valence-corrected chi connectivity index (χ4v) is 2.00. The summed E-state index contributed by atoms with van der Waals surface area (Å²) in [7, 11) is 0. The number of aromatic nitrogens is 1. The fourth-order valence-electron chi connectivity index (χ4n) is 1.85. The molecule has 0 bridgehead atoms. The molecule has 0 atom stereocenters. The van der Waals surface area contributed by atoms with E-state index in [9.17, 15) is 0 Å². The van der Waals surface area contributed by atoms with E-state index in [1.54, 1.807) is 0 Å². The summed E-state index contributed by atoms with van der Waals surface area (Å²) in [5.74, 6) is 0. The maximum Gasteiger partial charge on any atom is 0.0752 e. The lowest BCUT2D eigenvalue weighted by molar-refractivity contribution is 1.19. The lowest BCUT2D eigenvalue weighted by atomic mass is 10.0. The molecule has 0 N–H and O–H groups in total. The van der Waals surface area contributed by atoms with Gasteiger partial charge in [-0.15, -0.1) is 0 Å². The third-order valence-corrected chi connectivity index (χ3v) is 3.06. The molecule has 0 saturated carbocycles. The summed E-state index contributed by atoms with van der Waals surface area (Å²) in [4.78, 5) is 4.49. The van der Waals surface area contributed by atoms with Gasteiger partial charge in [-0.1, -0.05) is 17.7 Å².